The summed E-state index contributed by atoms with van der Waals surface area (Å²) < 4.78 is 2.83. The van der Waals surface area contributed by atoms with E-state index in [1.165, 1.54) is 18.5 Å². The van der Waals surface area contributed by atoms with Crippen molar-refractivity contribution in [1.82, 2.24) is 19.6 Å². The molecule has 2 heterocycles. The van der Waals surface area contributed by atoms with Crippen LogP contribution in [0.1, 0.15) is 29.0 Å². The van der Waals surface area contributed by atoms with E-state index in [9.17, 15) is 9.59 Å². The number of nitrogens with zero attached hydrogens (tertiary/aromatic N) is 4. The molecule has 0 radical (unpaired) electrons. The minimum absolute atomic E-state index is 0.0516. The zero-order valence-electron chi connectivity index (χ0n) is 13.8. The van der Waals surface area contributed by atoms with Crippen LogP contribution in [-0.4, -0.2) is 36.5 Å². The monoisotopic (exact) mass is 373 g/mol. The van der Waals surface area contributed by atoms with Crippen molar-refractivity contribution in [3.8, 4) is 0 Å². The number of benzene rings is 1. The zero-order chi connectivity index (χ0) is 18.7. The largest absolute Gasteiger partial charge is 0.477 e. The van der Waals surface area contributed by atoms with Crippen molar-refractivity contribution in [3.05, 3.63) is 65.2 Å². The van der Waals surface area contributed by atoms with E-state index in [1.54, 1.807) is 23.9 Å². The standard InChI is InChI=1S/C17H16ClN5O3/c1-11(23-15(17(25)26)5-6-19-23)16(24)21-14-8-20-22(10-14)9-12-3-2-4-13(18)7-12/h2-8,10-11H,9H2,1H3,(H,21,24)(H,25,26). The number of rotatable bonds is 6. The van der Waals surface area contributed by atoms with Crippen molar-refractivity contribution < 1.29 is 14.7 Å². The first kappa shape index (κ1) is 17.7. The van der Waals surface area contributed by atoms with Gasteiger partial charge in [-0.1, -0.05) is 23.7 Å². The van der Waals surface area contributed by atoms with Crippen molar-refractivity contribution in [2.75, 3.05) is 5.32 Å². The highest BCUT2D eigenvalue weighted by atomic mass is 35.5. The third kappa shape index (κ3) is 3.92. The highest BCUT2D eigenvalue weighted by molar-refractivity contribution is 6.30. The van der Waals surface area contributed by atoms with Crippen molar-refractivity contribution >= 4 is 29.2 Å². The number of halogens is 1. The molecule has 3 aromatic rings. The second-order valence-corrected chi connectivity index (χ2v) is 6.12. The van der Waals surface area contributed by atoms with Gasteiger partial charge in [0.25, 0.3) is 0 Å². The van der Waals surface area contributed by atoms with E-state index >= 15 is 0 Å². The summed E-state index contributed by atoms with van der Waals surface area (Å²) in [5, 5.41) is 20.6. The molecule has 3 rings (SSSR count). The minimum Gasteiger partial charge on any atom is -0.477 e. The normalized spacial score (nSPS) is 11.9. The fourth-order valence-electron chi connectivity index (χ4n) is 2.49. The molecule has 1 unspecified atom stereocenters. The van der Waals surface area contributed by atoms with Crippen LogP contribution in [-0.2, 0) is 11.3 Å². The minimum atomic E-state index is -1.14. The molecule has 134 valence electrons. The number of amides is 1. The summed E-state index contributed by atoms with van der Waals surface area (Å²) in [6.07, 6.45) is 4.55. The second kappa shape index (κ2) is 7.40. The molecule has 0 aliphatic carbocycles. The molecule has 1 atom stereocenters. The number of carboxylic acid groups (broad SMARTS) is 1. The first-order valence-electron chi connectivity index (χ1n) is 7.78. The van der Waals surface area contributed by atoms with Crippen molar-refractivity contribution in [3.63, 3.8) is 0 Å². The Bertz CT molecular complexity index is 949. The van der Waals surface area contributed by atoms with Crippen LogP contribution in [0.15, 0.2) is 48.9 Å². The number of nitrogens with one attached hydrogen (secondary N) is 1. The Labute approximate surface area is 154 Å². The quantitative estimate of drug-likeness (QED) is 0.691. The molecular weight excluding hydrogens is 358 g/mol. The molecule has 8 nitrogen and oxygen atoms in total. The van der Waals surface area contributed by atoms with Crippen molar-refractivity contribution in [2.45, 2.75) is 19.5 Å². The Morgan fingerprint density at radius 2 is 2.12 bits per heavy atom. The first-order valence-corrected chi connectivity index (χ1v) is 8.16. The highest BCUT2D eigenvalue weighted by Crippen LogP contribution is 2.15. The van der Waals surface area contributed by atoms with Crippen LogP contribution in [0.3, 0.4) is 0 Å². The molecule has 26 heavy (non-hydrogen) atoms. The molecule has 0 saturated heterocycles. The molecule has 0 aliphatic rings. The highest BCUT2D eigenvalue weighted by Gasteiger charge is 2.21. The first-order chi connectivity index (χ1) is 12.4. The lowest BCUT2D eigenvalue weighted by atomic mass is 10.2. The van der Waals surface area contributed by atoms with Crippen molar-refractivity contribution in [1.29, 1.82) is 0 Å². The van der Waals surface area contributed by atoms with E-state index in [-0.39, 0.29) is 5.69 Å². The van der Waals surface area contributed by atoms with Crippen LogP contribution in [0, 0.1) is 0 Å². The third-order valence-corrected chi connectivity index (χ3v) is 4.01. The lowest BCUT2D eigenvalue weighted by Crippen LogP contribution is -2.26. The van der Waals surface area contributed by atoms with Gasteiger partial charge in [0.15, 0.2) is 0 Å². The number of hydrogen-bond donors (Lipinski definition) is 2. The van der Waals surface area contributed by atoms with Gasteiger partial charge in [0.1, 0.15) is 11.7 Å². The molecule has 0 bridgehead atoms. The Balaban J connectivity index is 1.67. The van der Waals surface area contributed by atoms with E-state index in [0.29, 0.717) is 17.3 Å². The molecule has 0 spiro atoms. The maximum Gasteiger partial charge on any atom is 0.354 e. The van der Waals surface area contributed by atoms with Crippen LogP contribution < -0.4 is 5.32 Å². The van der Waals surface area contributed by atoms with Gasteiger partial charge in [0, 0.05) is 17.4 Å². The van der Waals surface area contributed by atoms with Gasteiger partial charge in [0.05, 0.1) is 18.4 Å². The number of carbonyl (C=O) groups is 2. The van der Waals surface area contributed by atoms with Crippen LogP contribution in [0.25, 0.3) is 0 Å². The smallest absolute Gasteiger partial charge is 0.354 e. The summed E-state index contributed by atoms with van der Waals surface area (Å²) in [5.74, 6) is -1.53. The van der Waals surface area contributed by atoms with Gasteiger partial charge in [0.2, 0.25) is 5.91 Å². The number of hydrogen-bond acceptors (Lipinski definition) is 4. The Morgan fingerprint density at radius 3 is 2.85 bits per heavy atom. The third-order valence-electron chi connectivity index (χ3n) is 3.77. The summed E-state index contributed by atoms with van der Waals surface area (Å²) in [7, 11) is 0. The lowest BCUT2D eigenvalue weighted by molar-refractivity contribution is -0.119. The summed E-state index contributed by atoms with van der Waals surface area (Å²) in [6, 6.07) is 7.98. The average Bonchev–Trinajstić information content (AvgIpc) is 3.23. The topological polar surface area (TPSA) is 102 Å². The van der Waals surface area contributed by atoms with Crippen LogP contribution in [0.4, 0.5) is 5.69 Å². The molecule has 0 fully saturated rings. The van der Waals surface area contributed by atoms with Gasteiger partial charge >= 0.3 is 5.97 Å². The van der Waals surface area contributed by atoms with Gasteiger partial charge in [-0.05, 0) is 30.7 Å². The van der Waals surface area contributed by atoms with E-state index < -0.39 is 17.9 Å². The molecular formula is C17H16ClN5O3. The summed E-state index contributed by atoms with van der Waals surface area (Å²) >= 11 is 5.97. The number of carbonyl (C=O) groups excluding carboxylic acids is 1. The molecule has 9 heteroatoms. The number of anilines is 1. The molecule has 0 saturated carbocycles. The van der Waals surface area contributed by atoms with Crippen LogP contribution >= 0.6 is 11.6 Å². The summed E-state index contributed by atoms with van der Waals surface area (Å²) in [4.78, 5) is 23.5. The number of carboxylic acids is 1. The molecule has 1 aromatic carbocycles. The number of aromatic nitrogens is 4. The van der Waals surface area contributed by atoms with Crippen LogP contribution in [0.5, 0.6) is 0 Å². The van der Waals surface area contributed by atoms with E-state index in [0.717, 1.165) is 10.2 Å². The zero-order valence-corrected chi connectivity index (χ0v) is 14.6. The predicted molar refractivity (Wildman–Crippen MR) is 95.3 cm³/mol. The predicted octanol–water partition coefficient (Wildman–Crippen LogP) is 2.68. The lowest BCUT2D eigenvalue weighted by Gasteiger charge is -2.13. The Morgan fingerprint density at radius 1 is 1.31 bits per heavy atom. The van der Waals surface area contributed by atoms with Gasteiger partial charge < -0.3 is 10.4 Å². The molecule has 1 amide bonds. The maximum absolute atomic E-state index is 12.4. The van der Waals surface area contributed by atoms with Crippen molar-refractivity contribution in [2.24, 2.45) is 0 Å². The van der Waals surface area contributed by atoms with E-state index in [4.69, 9.17) is 16.7 Å². The van der Waals surface area contributed by atoms with Gasteiger partial charge in [-0.2, -0.15) is 10.2 Å². The number of aromatic carboxylic acids is 1. The van der Waals surface area contributed by atoms with Gasteiger partial charge in [-0.25, -0.2) is 9.48 Å². The summed E-state index contributed by atoms with van der Waals surface area (Å²) in [5.41, 5.74) is 1.44. The molecule has 2 aromatic heterocycles. The molecule has 0 aliphatic heterocycles. The maximum atomic E-state index is 12.4. The van der Waals surface area contributed by atoms with Crippen LogP contribution in [0.2, 0.25) is 5.02 Å². The Kier molecular flexibility index (Phi) is 5.04. The van der Waals surface area contributed by atoms with E-state index in [1.807, 2.05) is 18.2 Å². The average molecular weight is 374 g/mol. The van der Waals surface area contributed by atoms with Gasteiger partial charge in [-0.15, -0.1) is 0 Å². The fourth-order valence-corrected chi connectivity index (χ4v) is 2.70. The second-order valence-electron chi connectivity index (χ2n) is 5.69. The Hall–Kier alpha value is -3.13. The SMILES string of the molecule is CC(C(=O)Nc1cnn(Cc2cccc(Cl)c2)c1)n1nccc1C(=O)O. The molecule has 2 N–H and O–H groups in total. The van der Waals surface area contributed by atoms with Gasteiger partial charge in [-0.3, -0.25) is 9.48 Å². The van der Waals surface area contributed by atoms with E-state index in [2.05, 4.69) is 15.5 Å². The fraction of sp³-hybridized carbons (Fsp3) is 0.176. The summed E-state index contributed by atoms with van der Waals surface area (Å²) in [6.45, 7) is 2.08.